The van der Waals surface area contributed by atoms with Gasteiger partial charge in [-0.15, -0.1) is 0 Å². The van der Waals surface area contributed by atoms with E-state index in [-0.39, 0.29) is 17.9 Å². The molecule has 104 valence electrons. The molecule has 1 atom stereocenters. The van der Waals surface area contributed by atoms with E-state index in [4.69, 9.17) is 11.6 Å². The quantitative estimate of drug-likeness (QED) is 0.882. The van der Waals surface area contributed by atoms with Gasteiger partial charge in [0.25, 0.3) is 5.91 Å². The Bertz CT molecular complexity index is 489. The highest BCUT2D eigenvalue weighted by Crippen LogP contribution is 2.21. The van der Waals surface area contributed by atoms with Crippen molar-refractivity contribution in [1.82, 2.24) is 10.2 Å². The van der Waals surface area contributed by atoms with Gasteiger partial charge >= 0.3 is 0 Å². The molecule has 1 rings (SSSR count). The molecule has 19 heavy (non-hydrogen) atoms. The van der Waals surface area contributed by atoms with Crippen LogP contribution in [0.4, 0.5) is 5.69 Å². The first kappa shape index (κ1) is 15.5. The van der Waals surface area contributed by atoms with Crippen molar-refractivity contribution in [3.05, 3.63) is 28.8 Å². The molecular formula is C13H18ClN3O2. The highest BCUT2D eigenvalue weighted by Gasteiger charge is 2.15. The van der Waals surface area contributed by atoms with Gasteiger partial charge in [-0.3, -0.25) is 9.59 Å². The van der Waals surface area contributed by atoms with Gasteiger partial charge in [-0.1, -0.05) is 11.6 Å². The SMILES string of the molecule is CNC(C)C(=O)Nc1ccc(Cl)c(C(=O)N(C)C)c1. The van der Waals surface area contributed by atoms with Gasteiger partial charge in [0.2, 0.25) is 5.91 Å². The van der Waals surface area contributed by atoms with Crippen LogP contribution in [0.3, 0.4) is 0 Å². The topological polar surface area (TPSA) is 61.4 Å². The van der Waals surface area contributed by atoms with Crippen molar-refractivity contribution >= 4 is 29.1 Å². The number of hydrogen-bond acceptors (Lipinski definition) is 3. The van der Waals surface area contributed by atoms with Crippen LogP contribution in [-0.2, 0) is 4.79 Å². The minimum absolute atomic E-state index is 0.173. The number of halogens is 1. The summed E-state index contributed by atoms with van der Waals surface area (Å²) in [5.74, 6) is -0.379. The molecule has 0 aliphatic rings. The predicted octanol–water partition coefficient (Wildman–Crippen LogP) is 1.59. The molecule has 5 nitrogen and oxygen atoms in total. The molecule has 6 heteroatoms. The number of carbonyl (C=O) groups excluding carboxylic acids is 2. The van der Waals surface area contributed by atoms with Crippen molar-refractivity contribution < 1.29 is 9.59 Å². The lowest BCUT2D eigenvalue weighted by Gasteiger charge is -2.14. The normalized spacial score (nSPS) is 11.8. The first-order valence-electron chi connectivity index (χ1n) is 5.86. The zero-order valence-corrected chi connectivity index (χ0v) is 12.2. The van der Waals surface area contributed by atoms with Crippen LogP contribution in [0.1, 0.15) is 17.3 Å². The summed E-state index contributed by atoms with van der Waals surface area (Å²) in [5, 5.41) is 5.92. The zero-order chi connectivity index (χ0) is 14.6. The summed E-state index contributed by atoms with van der Waals surface area (Å²) in [6.45, 7) is 1.75. The Hall–Kier alpha value is -1.59. The summed E-state index contributed by atoms with van der Waals surface area (Å²) >= 11 is 5.99. The number of nitrogens with one attached hydrogen (secondary N) is 2. The van der Waals surface area contributed by atoms with Gasteiger partial charge in [-0.2, -0.15) is 0 Å². The number of nitrogens with zero attached hydrogens (tertiary/aromatic N) is 1. The zero-order valence-electron chi connectivity index (χ0n) is 11.5. The van der Waals surface area contributed by atoms with E-state index in [2.05, 4.69) is 10.6 Å². The number of carbonyl (C=O) groups is 2. The fourth-order valence-corrected chi connectivity index (χ4v) is 1.59. The lowest BCUT2D eigenvalue weighted by Crippen LogP contribution is -2.35. The largest absolute Gasteiger partial charge is 0.345 e. The van der Waals surface area contributed by atoms with Crippen molar-refractivity contribution in [3.8, 4) is 0 Å². The third-order valence-corrected chi connectivity index (χ3v) is 3.03. The van der Waals surface area contributed by atoms with Gasteiger partial charge in [-0.25, -0.2) is 0 Å². The minimum atomic E-state index is -0.316. The molecule has 0 aliphatic carbocycles. The summed E-state index contributed by atoms with van der Waals surface area (Å²) in [6.07, 6.45) is 0. The van der Waals surface area contributed by atoms with Crippen molar-refractivity contribution in [2.45, 2.75) is 13.0 Å². The Morgan fingerprint density at radius 3 is 2.47 bits per heavy atom. The Morgan fingerprint density at radius 2 is 1.95 bits per heavy atom. The highest BCUT2D eigenvalue weighted by atomic mass is 35.5. The number of rotatable bonds is 4. The Kier molecular flexibility index (Phi) is 5.32. The van der Waals surface area contributed by atoms with Crippen LogP contribution in [0.15, 0.2) is 18.2 Å². The molecule has 0 saturated heterocycles. The Morgan fingerprint density at radius 1 is 1.32 bits per heavy atom. The van der Waals surface area contributed by atoms with Crippen LogP contribution in [0.5, 0.6) is 0 Å². The Labute approximate surface area is 117 Å². The van der Waals surface area contributed by atoms with E-state index in [0.29, 0.717) is 16.3 Å². The van der Waals surface area contributed by atoms with Gasteiger partial charge in [0.1, 0.15) is 0 Å². The number of likely N-dealkylation sites (N-methyl/N-ethyl adjacent to an activating group) is 1. The molecule has 0 fully saturated rings. The number of benzene rings is 1. The fraction of sp³-hybridized carbons (Fsp3) is 0.385. The van der Waals surface area contributed by atoms with Crippen molar-refractivity contribution in [2.75, 3.05) is 26.5 Å². The summed E-state index contributed by atoms with van der Waals surface area (Å²) in [7, 11) is 4.99. The second-order valence-corrected chi connectivity index (χ2v) is 4.80. The minimum Gasteiger partial charge on any atom is -0.345 e. The molecule has 0 bridgehead atoms. The number of anilines is 1. The van der Waals surface area contributed by atoms with E-state index in [1.807, 2.05) is 0 Å². The molecule has 0 aromatic heterocycles. The van der Waals surface area contributed by atoms with Crippen molar-refractivity contribution in [3.63, 3.8) is 0 Å². The molecule has 2 amide bonds. The predicted molar refractivity (Wildman–Crippen MR) is 76.6 cm³/mol. The smallest absolute Gasteiger partial charge is 0.254 e. The van der Waals surface area contributed by atoms with Crippen LogP contribution in [0, 0.1) is 0 Å². The van der Waals surface area contributed by atoms with Gasteiger partial charge in [0.15, 0.2) is 0 Å². The standard InChI is InChI=1S/C13H18ClN3O2/c1-8(15-2)12(18)16-9-5-6-11(14)10(7-9)13(19)17(3)4/h5-8,15H,1-4H3,(H,16,18). The second-order valence-electron chi connectivity index (χ2n) is 4.39. The first-order chi connectivity index (χ1) is 8.86. The van der Waals surface area contributed by atoms with Crippen LogP contribution < -0.4 is 10.6 Å². The van der Waals surface area contributed by atoms with Gasteiger partial charge in [-0.05, 0) is 32.2 Å². The Balaban J connectivity index is 2.97. The molecule has 0 heterocycles. The van der Waals surface area contributed by atoms with Crippen molar-refractivity contribution in [2.24, 2.45) is 0 Å². The summed E-state index contributed by atoms with van der Waals surface area (Å²) in [4.78, 5) is 25.1. The molecular weight excluding hydrogens is 266 g/mol. The van der Waals surface area contributed by atoms with Gasteiger partial charge in [0.05, 0.1) is 16.6 Å². The summed E-state index contributed by atoms with van der Waals surface area (Å²) < 4.78 is 0. The maximum atomic E-state index is 11.9. The average molecular weight is 284 g/mol. The molecule has 1 unspecified atom stereocenters. The van der Waals surface area contributed by atoms with Crippen LogP contribution in [0.2, 0.25) is 5.02 Å². The summed E-state index contributed by atoms with van der Waals surface area (Å²) in [6, 6.07) is 4.52. The molecule has 0 radical (unpaired) electrons. The summed E-state index contributed by atoms with van der Waals surface area (Å²) in [5.41, 5.74) is 0.906. The molecule has 0 aliphatic heterocycles. The van der Waals surface area contributed by atoms with Gasteiger partial charge in [0, 0.05) is 19.8 Å². The van der Waals surface area contributed by atoms with E-state index in [1.165, 1.54) is 4.90 Å². The molecule has 1 aromatic carbocycles. The van der Waals surface area contributed by atoms with E-state index in [1.54, 1.807) is 46.3 Å². The third kappa shape index (κ3) is 3.94. The number of hydrogen-bond donors (Lipinski definition) is 2. The third-order valence-electron chi connectivity index (χ3n) is 2.70. The maximum absolute atomic E-state index is 11.9. The average Bonchev–Trinajstić information content (AvgIpc) is 2.38. The van der Waals surface area contributed by atoms with E-state index >= 15 is 0 Å². The van der Waals surface area contributed by atoms with E-state index < -0.39 is 0 Å². The molecule has 0 spiro atoms. The molecule has 0 saturated carbocycles. The number of amides is 2. The van der Waals surface area contributed by atoms with Crippen LogP contribution >= 0.6 is 11.6 Å². The van der Waals surface area contributed by atoms with Crippen LogP contribution in [0.25, 0.3) is 0 Å². The maximum Gasteiger partial charge on any atom is 0.254 e. The molecule has 1 aromatic rings. The fourth-order valence-electron chi connectivity index (χ4n) is 1.39. The van der Waals surface area contributed by atoms with E-state index in [0.717, 1.165) is 0 Å². The second kappa shape index (κ2) is 6.54. The highest BCUT2D eigenvalue weighted by molar-refractivity contribution is 6.34. The van der Waals surface area contributed by atoms with E-state index in [9.17, 15) is 9.59 Å². The first-order valence-corrected chi connectivity index (χ1v) is 6.24. The van der Waals surface area contributed by atoms with Crippen molar-refractivity contribution in [1.29, 1.82) is 0 Å². The van der Waals surface area contributed by atoms with Crippen LogP contribution in [-0.4, -0.2) is 43.9 Å². The molecule has 2 N–H and O–H groups in total. The van der Waals surface area contributed by atoms with Gasteiger partial charge < -0.3 is 15.5 Å². The monoisotopic (exact) mass is 283 g/mol. The lowest BCUT2D eigenvalue weighted by atomic mass is 10.1. The lowest BCUT2D eigenvalue weighted by molar-refractivity contribution is -0.117.